The van der Waals surface area contributed by atoms with Gasteiger partial charge in [0.1, 0.15) is 11.4 Å². The van der Waals surface area contributed by atoms with Crippen molar-refractivity contribution in [1.29, 1.82) is 0 Å². The van der Waals surface area contributed by atoms with Crippen molar-refractivity contribution in [2.45, 2.75) is 4.90 Å². The number of fused-ring (bicyclic) bond motifs is 2. The van der Waals surface area contributed by atoms with Gasteiger partial charge in [-0.2, -0.15) is 0 Å². The maximum Gasteiger partial charge on any atom is 0.272 e. The monoisotopic (exact) mass is 633 g/mol. The molecule has 2 heterocycles. The van der Waals surface area contributed by atoms with Crippen LogP contribution in [-0.4, -0.2) is 40.6 Å². The third-order valence-corrected chi connectivity index (χ3v) is 8.68. The number of hydrogen-bond acceptors (Lipinski definition) is 7. The summed E-state index contributed by atoms with van der Waals surface area (Å²) in [6.07, 6.45) is 3.44. The molecule has 0 bridgehead atoms. The van der Waals surface area contributed by atoms with E-state index in [2.05, 4.69) is 25.9 Å². The Labute approximate surface area is 266 Å². The van der Waals surface area contributed by atoms with Crippen LogP contribution in [0.4, 0.5) is 10.8 Å². The molecule has 0 aliphatic carbocycles. The van der Waals surface area contributed by atoms with Gasteiger partial charge in [0.05, 0.1) is 23.1 Å². The molecule has 0 spiro atoms. The predicted molar refractivity (Wildman–Crippen MR) is 181 cm³/mol. The number of benzene rings is 4. The van der Waals surface area contributed by atoms with E-state index in [1.165, 1.54) is 23.1 Å². The number of rotatable bonds is 10. The van der Waals surface area contributed by atoms with Crippen LogP contribution in [0.5, 0.6) is 5.75 Å². The molecule has 0 fully saturated rings. The molecule has 2 aromatic heterocycles. The van der Waals surface area contributed by atoms with Crippen molar-refractivity contribution in [3.05, 3.63) is 120 Å². The highest BCUT2D eigenvalue weighted by Gasteiger charge is 2.17. The number of nitrogens with one attached hydrogen (secondary N) is 4. The zero-order chi connectivity index (χ0) is 31.2. The summed E-state index contributed by atoms with van der Waals surface area (Å²) in [5.74, 6) is -0.217. The zero-order valence-corrected chi connectivity index (χ0v) is 25.6. The summed E-state index contributed by atoms with van der Waals surface area (Å²) in [5.41, 5.74) is 3.48. The molecule has 0 radical (unpaired) electrons. The number of para-hydroxylation sites is 1. The van der Waals surface area contributed by atoms with E-state index in [0.717, 1.165) is 37.3 Å². The highest BCUT2D eigenvalue weighted by Crippen LogP contribution is 2.30. The van der Waals surface area contributed by atoms with Crippen molar-refractivity contribution in [2.75, 3.05) is 23.5 Å². The minimum atomic E-state index is -0.489. The second-order valence-electron chi connectivity index (χ2n) is 9.84. The van der Waals surface area contributed by atoms with E-state index in [0.29, 0.717) is 16.4 Å². The topological polar surface area (TPSA) is 125 Å². The van der Waals surface area contributed by atoms with Gasteiger partial charge in [0.25, 0.3) is 11.8 Å². The molecule has 0 aliphatic heterocycles. The van der Waals surface area contributed by atoms with E-state index in [-0.39, 0.29) is 17.4 Å². The Kier molecular flexibility index (Phi) is 8.90. The number of hydrogen-bond donors (Lipinski definition) is 4. The number of thioether (sulfide) groups is 1. The summed E-state index contributed by atoms with van der Waals surface area (Å²) in [5, 5.41) is 9.94. The Morgan fingerprint density at radius 2 is 1.76 bits per heavy atom. The number of amides is 3. The predicted octanol–water partition coefficient (Wildman–Crippen LogP) is 6.93. The van der Waals surface area contributed by atoms with Crippen LogP contribution in [0.25, 0.3) is 27.2 Å². The first-order valence-corrected chi connectivity index (χ1v) is 15.7. The Bertz CT molecular complexity index is 2050. The van der Waals surface area contributed by atoms with Gasteiger partial charge in [0.2, 0.25) is 5.91 Å². The van der Waals surface area contributed by atoms with E-state index < -0.39 is 11.8 Å². The number of methoxy groups -OCH3 is 1. The van der Waals surface area contributed by atoms with Crippen LogP contribution in [0.3, 0.4) is 0 Å². The van der Waals surface area contributed by atoms with Gasteiger partial charge in [-0.1, -0.05) is 53.8 Å². The number of anilines is 2. The molecule has 0 aliphatic rings. The molecule has 0 atom stereocenters. The van der Waals surface area contributed by atoms with Crippen LogP contribution in [0, 0.1) is 0 Å². The maximum atomic E-state index is 13.5. The first-order chi connectivity index (χ1) is 21.9. The van der Waals surface area contributed by atoms with Crippen LogP contribution in [0.1, 0.15) is 15.9 Å². The maximum absolute atomic E-state index is 13.5. The Hall–Kier alpha value is -5.39. The van der Waals surface area contributed by atoms with E-state index in [9.17, 15) is 14.4 Å². The van der Waals surface area contributed by atoms with Crippen molar-refractivity contribution < 1.29 is 19.1 Å². The lowest BCUT2D eigenvalue weighted by atomic mass is 10.1. The quantitative estimate of drug-likeness (QED) is 0.0958. The highest BCUT2D eigenvalue weighted by molar-refractivity contribution is 8.00. The van der Waals surface area contributed by atoms with Crippen LogP contribution in [0.15, 0.2) is 114 Å². The molecule has 0 saturated heterocycles. The molecule has 224 valence electrons. The molecule has 9 nitrogen and oxygen atoms in total. The average Bonchev–Trinajstić information content (AvgIpc) is 3.66. The number of aromatic nitrogens is 2. The molecule has 45 heavy (non-hydrogen) atoms. The van der Waals surface area contributed by atoms with Gasteiger partial charge >= 0.3 is 0 Å². The first kappa shape index (κ1) is 29.7. The number of nitrogens with zero attached hydrogens (tertiary/aromatic N) is 1. The van der Waals surface area contributed by atoms with Crippen molar-refractivity contribution in [2.24, 2.45) is 0 Å². The summed E-state index contributed by atoms with van der Waals surface area (Å²) in [7, 11) is 1.60. The van der Waals surface area contributed by atoms with E-state index in [4.69, 9.17) is 4.74 Å². The van der Waals surface area contributed by atoms with Crippen LogP contribution in [0.2, 0.25) is 0 Å². The van der Waals surface area contributed by atoms with Crippen LogP contribution in [-0.2, 0) is 9.59 Å². The Morgan fingerprint density at radius 1 is 0.933 bits per heavy atom. The number of H-pyrrole nitrogens is 1. The summed E-state index contributed by atoms with van der Waals surface area (Å²) in [4.78, 5) is 47.7. The highest BCUT2D eigenvalue weighted by atomic mass is 32.2. The van der Waals surface area contributed by atoms with Gasteiger partial charge in [-0.25, -0.2) is 4.98 Å². The van der Waals surface area contributed by atoms with Crippen molar-refractivity contribution >= 4 is 78.8 Å². The summed E-state index contributed by atoms with van der Waals surface area (Å²) < 4.78 is 6.18. The summed E-state index contributed by atoms with van der Waals surface area (Å²) in [6.45, 7) is 0. The lowest BCUT2D eigenvalue weighted by Gasteiger charge is -2.12. The van der Waals surface area contributed by atoms with E-state index in [1.807, 2.05) is 54.6 Å². The zero-order valence-electron chi connectivity index (χ0n) is 24.0. The second-order valence-corrected chi connectivity index (χ2v) is 11.9. The molecular formula is C34H27N5O4S2. The van der Waals surface area contributed by atoms with Crippen molar-refractivity contribution in [1.82, 2.24) is 15.3 Å². The number of thiazole rings is 1. The standard InChI is InChI=1S/C34H27N5O4S2/c1-43-24-14-15-28-30(18-24)45-34(38-28)39-31(40)20-44-25-11-7-10-23(17-25)36-33(42)29(37-32(41)21-8-3-2-4-9-21)16-22-19-35-27-13-6-5-12-26(22)27/h2-19,35H,20H2,1H3,(H,36,42)(H,37,41)(H,38,39,40)/b29-16-. The lowest BCUT2D eigenvalue weighted by molar-refractivity contribution is -0.114. The number of aromatic amines is 1. The molecular weight excluding hydrogens is 607 g/mol. The van der Waals surface area contributed by atoms with Gasteiger partial charge in [0.15, 0.2) is 5.13 Å². The Morgan fingerprint density at radius 3 is 2.60 bits per heavy atom. The molecule has 0 saturated carbocycles. The smallest absolute Gasteiger partial charge is 0.272 e. The summed E-state index contributed by atoms with van der Waals surface area (Å²) >= 11 is 2.70. The molecule has 4 aromatic carbocycles. The molecule has 6 aromatic rings. The molecule has 11 heteroatoms. The lowest BCUT2D eigenvalue weighted by Crippen LogP contribution is -2.30. The molecule has 0 unspecified atom stereocenters. The van der Waals surface area contributed by atoms with E-state index >= 15 is 0 Å². The minimum absolute atomic E-state index is 0.0829. The molecule has 3 amide bonds. The van der Waals surface area contributed by atoms with Gasteiger partial charge < -0.3 is 25.7 Å². The molecule has 4 N–H and O–H groups in total. The van der Waals surface area contributed by atoms with Gasteiger partial charge in [-0.05, 0) is 60.7 Å². The first-order valence-electron chi connectivity index (χ1n) is 13.9. The fourth-order valence-corrected chi connectivity index (χ4v) is 6.23. The van der Waals surface area contributed by atoms with Gasteiger partial charge in [-0.3, -0.25) is 14.4 Å². The molecule has 6 rings (SSSR count). The fraction of sp³-hybridized carbons (Fsp3) is 0.0588. The third kappa shape index (κ3) is 7.23. The normalized spacial score (nSPS) is 11.4. The largest absolute Gasteiger partial charge is 0.497 e. The van der Waals surface area contributed by atoms with Gasteiger partial charge in [0, 0.05) is 38.8 Å². The third-order valence-electron chi connectivity index (χ3n) is 6.75. The number of carbonyl (C=O) groups is 3. The average molecular weight is 634 g/mol. The van der Waals surface area contributed by atoms with Crippen molar-refractivity contribution in [3.63, 3.8) is 0 Å². The van der Waals surface area contributed by atoms with Crippen LogP contribution >= 0.6 is 23.1 Å². The second kappa shape index (κ2) is 13.5. The van der Waals surface area contributed by atoms with Crippen LogP contribution < -0.4 is 20.7 Å². The minimum Gasteiger partial charge on any atom is -0.497 e. The number of ether oxygens (including phenoxy) is 1. The van der Waals surface area contributed by atoms with E-state index in [1.54, 1.807) is 61.8 Å². The Balaban J connectivity index is 1.14. The summed E-state index contributed by atoms with van der Waals surface area (Å²) in [6, 6.07) is 29.2. The SMILES string of the molecule is COc1ccc2nc(NC(=O)CSc3cccc(NC(=O)/C(=C/c4c[nH]c5ccccc45)NC(=O)c4ccccc4)c3)sc2c1. The van der Waals surface area contributed by atoms with Crippen molar-refractivity contribution in [3.8, 4) is 5.75 Å². The number of carbonyl (C=O) groups excluding carboxylic acids is 3. The fourth-order valence-electron chi connectivity index (χ4n) is 4.56. The van der Waals surface area contributed by atoms with Gasteiger partial charge in [-0.15, -0.1) is 11.8 Å².